The zero-order valence-electron chi connectivity index (χ0n) is 7.49. The van der Waals surface area contributed by atoms with Gasteiger partial charge in [-0.15, -0.1) is 11.3 Å². The highest BCUT2D eigenvalue weighted by Crippen LogP contribution is 2.44. The monoisotopic (exact) mass is 231 g/mol. The molecule has 14 heavy (non-hydrogen) atoms. The first kappa shape index (κ1) is 9.93. The van der Waals surface area contributed by atoms with E-state index in [4.69, 9.17) is 16.7 Å². The molecule has 5 heteroatoms. The first-order chi connectivity index (χ1) is 6.62. The van der Waals surface area contributed by atoms with Crippen molar-refractivity contribution in [1.29, 1.82) is 0 Å². The van der Waals surface area contributed by atoms with Gasteiger partial charge in [-0.3, -0.25) is 4.79 Å². The van der Waals surface area contributed by atoms with Gasteiger partial charge in [0.05, 0.1) is 11.1 Å². The molecule has 0 aliphatic heterocycles. The zero-order valence-corrected chi connectivity index (χ0v) is 9.07. The summed E-state index contributed by atoms with van der Waals surface area (Å²) < 4.78 is 0.486. The van der Waals surface area contributed by atoms with Crippen molar-refractivity contribution >= 4 is 28.9 Å². The van der Waals surface area contributed by atoms with E-state index in [1.165, 1.54) is 11.3 Å². The summed E-state index contributed by atoms with van der Waals surface area (Å²) in [4.78, 5) is 15.1. The summed E-state index contributed by atoms with van der Waals surface area (Å²) >= 11 is 7.04. The van der Waals surface area contributed by atoms with Crippen LogP contribution in [-0.2, 0) is 11.2 Å². The van der Waals surface area contributed by atoms with E-state index in [0.717, 1.165) is 25.0 Å². The number of thiazole rings is 1. The molecule has 0 radical (unpaired) electrons. The van der Waals surface area contributed by atoms with Gasteiger partial charge in [-0.2, -0.15) is 0 Å². The minimum absolute atomic E-state index is 0.486. The van der Waals surface area contributed by atoms with Crippen LogP contribution in [0.3, 0.4) is 0 Å². The molecule has 3 nitrogen and oxygen atoms in total. The Balaban J connectivity index is 2.12. The van der Waals surface area contributed by atoms with Crippen LogP contribution in [0.25, 0.3) is 0 Å². The van der Waals surface area contributed by atoms with Gasteiger partial charge < -0.3 is 5.11 Å². The van der Waals surface area contributed by atoms with Gasteiger partial charge in [-0.1, -0.05) is 18.0 Å². The van der Waals surface area contributed by atoms with Crippen LogP contribution in [0.5, 0.6) is 0 Å². The molecule has 0 spiro atoms. The SMILES string of the molecule is O=C(O)C1(Cc2csc(Cl)n2)CCC1. The highest BCUT2D eigenvalue weighted by atomic mass is 35.5. The summed E-state index contributed by atoms with van der Waals surface area (Å²) in [6.07, 6.45) is 3.05. The number of carbonyl (C=O) groups is 1. The number of aromatic nitrogens is 1. The molecule has 0 saturated heterocycles. The van der Waals surface area contributed by atoms with Crippen LogP contribution in [0.4, 0.5) is 0 Å². The predicted octanol–water partition coefficient (Wildman–Crippen LogP) is 2.59. The van der Waals surface area contributed by atoms with E-state index in [-0.39, 0.29) is 0 Å². The van der Waals surface area contributed by atoms with Crippen LogP contribution in [0, 0.1) is 5.41 Å². The molecule has 0 unspecified atom stereocenters. The third kappa shape index (κ3) is 1.64. The predicted molar refractivity (Wildman–Crippen MR) is 54.7 cm³/mol. The number of halogens is 1. The number of nitrogens with zero attached hydrogens (tertiary/aromatic N) is 1. The fraction of sp³-hybridized carbons (Fsp3) is 0.556. The molecule has 1 aliphatic carbocycles. The van der Waals surface area contributed by atoms with Gasteiger partial charge in [0.2, 0.25) is 0 Å². The van der Waals surface area contributed by atoms with Gasteiger partial charge in [-0.05, 0) is 12.8 Å². The van der Waals surface area contributed by atoms with Crippen LogP contribution in [0.15, 0.2) is 5.38 Å². The molecule has 1 fully saturated rings. The average Bonchev–Trinajstić information content (AvgIpc) is 2.43. The van der Waals surface area contributed by atoms with Gasteiger partial charge in [0.1, 0.15) is 0 Å². The number of aliphatic carboxylic acids is 1. The van der Waals surface area contributed by atoms with Crippen molar-refractivity contribution in [3.63, 3.8) is 0 Å². The average molecular weight is 232 g/mol. The quantitative estimate of drug-likeness (QED) is 0.870. The summed E-state index contributed by atoms with van der Waals surface area (Å²) in [7, 11) is 0. The van der Waals surface area contributed by atoms with E-state index in [1.54, 1.807) is 0 Å². The fourth-order valence-electron chi connectivity index (χ4n) is 1.78. The van der Waals surface area contributed by atoms with Gasteiger partial charge in [0.25, 0.3) is 0 Å². The van der Waals surface area contributed by atoms with Crippen LogP contribution < -0.4 is 0 Å². The van der Waals surface area contributed by atoms with Crippen molar-refractivity contribution < 1.29 is 9.90 Å². The Morgan fingerprint density at radius 3 is 2.79 bits per heavy atom. The Kier molecular flexibility index (Phi) is 2.49. The maximum Gasteiger partial charge on any atom is 0.310 e. The minimum Gasteiger partial charge on any atom is -0.481 e. The summed E-state index contributed by atoms with van der Waals surface area (Å²) in [6, 6.07) is 0. The molecule has 0 aromatic carbocycles. The van der Waals surface area contributed by atoms with E-state index in [2.05, 4.69) is 4.98 Å². The summed E-state index contributed by atoms with van der Waals surface area (Å²) in [5.41, 5.74) is 0.249. The van der Waals surface area contributed by atoms with Crippen molar-refractivity contribution in [2.45, 2.75) is 25.7 Å². The normalized spacial score (nSPS) is 18.9. The van der Waals surface area contributed by atoms with E-state index in [9.17, 15) is 4.79 Å². The third-order valence-electron chi connectivity index (χ3n) is 2.81. The molecule has 76 valence electrons. The molecular formula is C9H10ClNO2S. The fourth-order valence-corrected chi connectivity index (χ4v) is 2.56. The van der Waals surface area contributed by atoms with E-state index in [0.29, 0.717) is 10.9 Å². The Hall–Kier alpha value is -0.610. The molecule has 1 saturated carbocycles. The van der Waals surface area contributed by atoms with Crippen LogP contribution in [0.2, 0.25) is 4.47 Å². The van der Waals surface area contributed by atoms with E-state index < -0.39 is 11.4 Å². The molecule has 2 rings (SSSR count). The van der Waals surface area contributed by atoms with Crippen molar-refractivity contribution in [3.8, 4) is 0 Å². The van der Waals surface area contributed by atoms with Gasteiger partial charge in [0.15, 0.2) is 4.47 Å². The molecule has 1 aromatic rings. The Morgan fingerprint density at radius 2 is 2.43 bits per heavy atom. The molecule has 0 amide bonds. The van der Waals surface area contributed by atoms with Gasteiger partial charge in [0, 0.05) is 11.8 Å². The molecule has 1 N–H and O–H groups in total. The van der Waals surface area contributed by atoms with Crippen LogP contribution in [0.1, 0.15) is 25.0 Å². The standard InChI is InChI=1S/C9H10ClNO2S/c10-8-11-6(5-14-8)4-9(7(12)13)2-1-3-9/h5H,1-4H2,(H,12,13). The highest BCUT2D eigenvalue weighted by Gasteiger charge is 2.44. The number of hydrogen-bond acceptors (Lipinski definition) is 3. The number of rotatable bonds is 3. The minimum atomic E-state index is -0.701. The maximum atomic E-state index is 11.1. The number of carboxylic acids is 1. The van der Waals surface area contributed by atoms with E-state index >= 15 is 0 Å². The first-order valence-electron chi connectivity index (χ1n) is 4.46. The lowest BCUT2D eigenvalue weighted by Gasteiger charge is -2.37. The van der Waals surface area contributed by atoms with Crippen molar-refractivity contribution in [2.24, 2.45) is 5.41 Å². The maximum absolute atomic E-state index is 11.1. The topological polar surface area (TPSA) is 50.2 Å². The molecular weight excluding hydrogens is 222 g/mol. The molecule has 1 heterocycles. The lowest BCUT2D eigenvalue weighted by atomic mass is 9.66. The second kappa shape index (κ2) is 3.51. The molecule has 1 aliphatic rings. The first-order valence-corrected chi connectivity index (χ1v) is 5.71. The Labute approximate surface area is 90.7 Å². The van der Waals surface area contributed by atoms with Crippen molar-refractivity contribution in [3.05, 3.63) is 15.5 Å². The lowest BCUT2D eigenvalue weighted by Crippen LogP contribution is -2.39. The lowest BCUT2D eigenvalue weighted by molar-refractivity contribution is -0.154. The second-order valence-corrected chi connectivity index (χ2v) is 5.15. The zero-order chi connectivity index (χ0) is 10.2. The Bertz CT molecular complexity index is 359. The molecule has 0 bridgehead atoms. The number of hydrogen-bond donors (Lipinski definition) is 1. The Morgan fingerprint density at radius 1 is 1.71 bits per heavy atom. The third-order valence-corrected chi connectivity index (χ3v) is 3.84. The smallest absolute Gasteiger partial charge is 0.310 e. The van der Waals surface area contributed by atoms with Crippen molar-refractivity contribution in [2.75, 3.05) is 0 Å². The highest BCUT2D eigenvalue weighted by molar-refractivity contribution is 7.13. The van der Waals surface area contributed by atoms with E-state index in [1.807, 2.05) is 5.38 Å². The summed E-state index contributed by atoms with van der Waals surface area (Å²) in [5.74, 6) is -0.701. The number of carboxylic acid groups (broad SMARTS) is 1. The largest absolute Gasteiger partial charge is 0.481 e. The second-order valence-electron chi connectivity index (χ2n) is 3.71. The summed E-state index contributed by atoms with van der Waals surface area (Å²) in [5, 5.41) is 10.9. The molecule has 0 atom stereocenters. The van der Waals surface area contributed by atoms with Crippen LogP contribution in [-0.4, -0.2) is 16.1 Å². The molecule has 1 aromatic heterocycles. The van der Waals surface area contributed by atoms with Gasteiger partial charge in [-0.25, -0.2) is 4.98 Å². The van der Waals surface area contributed by atoms with Crippen LogP contribution >= 0.6 is 22.9 Å². The summed E-state index contributed by atoms with van der Waals surface area (Å²) in [6.45, 7) is 0. The van der Waals surface area contributed by atoms with Gasteiger partial charge >= 0.3 is 5.97 Å². The van der Waals surface area contributed by atoms with Crippen molar-refractivity contribution in [1.82, 2.24) is 4.98 Å².